The first-order valence-electron chi connectivity index (χ1n) is 6.17. The maximum Gasteiger partial charge on any atom is 0.262 e. The van der Waals surface area contributed by atoms with Gasteiger partial charge in [-0.3, -0.25) is 4.79 Å². The lowest BCUT2D eigenvalue weighted by Gasteiger charge is -2.09. The third-order valence-electron chi connectivity index (χ3n) is 2.64. The molecule has 2 rings (SSSR count). The number of ether oxygens (including phenoxy) is 1. The van der Waals surface area contributed by atoms with Crippen LogP contribution in [0.5, 0.6) is 5.88 Å². The van der Waals surface area contributed by atoms with Crippen LogP contribution in [0.25, 0.3) is 11.1 Å². The molecule has 1 aromatic heterocycles. The van der Waals surface area contributed by atoms with Crippen LogP contribution in [-0.4, -0.2) is 21.2 Å². The number of nitrogens with zero attached hydrogens (tertiary/aromatic N) is 1. The third-order valence-corrected chi connectivity index (χ3v) is 3.16. The number of aromatic nitrogens is 2. The molecule has 0 bridgehead atoms. The summed E-state index contributed by atoms with van der Waals surface area (Å²) in [6.07, 6.45) is 0.0218. The lowest BCUT2D eigenvalue weighted by Crippen LogP contribution is -2.15. The van der Waals surface area contributed by atoms with Crippen LogP contribution in [0.2, 0.25) is 0 Å². The van der Waals surface area contributed by atoms with Crippen molar-refractivity contribution >= 4 is 15.9 Å². The van der Waals surface area contributed by atoms with Gasteiger partial charge in [0.15, 0.2) is 0 Å². The normalized spacial score (nSPS) is 11.0. The molecule has 0 aliphatic heterocycles. The molecule has 0 saturated carbocycles. The van der Waals surface area contributed by atoms with E-state index in [1.165, 1.54) is 0 Å². The van der Waals surface area contributed by atoms with Gasteiger partial charge in [-0.15, -0.1) is 0 Å². The molecule has 106 valence electrons. The third kappa shape index (κ3) is 3.46. The Bertz CT molecular complexity index is 650. The van der Waals surface area contributed by atoms with E-state index in [0.29, 0.717) is 11.4 Å². The Labute approximate surface area is 124 Å². The van der Waals surface area contributed by atoms with Gasteiger partial charge in [0.25, 0.3) is 5.56 Å². The minimum absolute atomic E-state index is 0.0218. The quantitative estimate of drug-likeness (QED) is 0.898. The Morgan fingerprint density at radius 2 is 2.00 bits per heavy atom. The molecule has 0 aliphatic carbocycles. The standard InChI is InChI=1S/C14H15BrN2O3/c1-8(2)20-7-11-16-13(18)12(14(19)17-11)9-3-5-10(15)6-4-9/h3-6,8H,7H2,1-2H3,(H2,16,17,18,19). The Morgan fingerprint density at radius 1 is 1.35 bits per heavy atom. The van der Waals surface area contributed by atoms with E-state index in [9.17, 15) is 9.90 Å². The predicted molar refractivity (Wildman–Crippen MR) is 79.6 cm³/mol. The van der Waals surface area contributed by atoms with Gasteiger partial charge in [0.05, 0.1) is 6.10 Å². The van der Waals surface area contributed by atoms with Crippen molar-refractivity contribution in [1.29, 1.82) is 0 Å². The number of nitrogens with one attached hydrogen (secondary N) is 1. The zero-order chi connectivity index (χ0) is 14.7. The van der Waals surface area contributed by atoms with Gasteiger partial charge in [0, 0.05) is 4.47 Å². The molecule has 0 atom stereocenters. The molecule has 0 fully saturated rings. The lowest BCUT2D eigenvalue weighted by molar-refractivity contribution is 0.0608. The van der Waals surface area contributed by atoms with E-state index in [2.05, 4.69) is 25.9 Å². The molecule has 1 heterocycles. The molecule has 0 aliphatic rings. The lowest BCUT2D eigenvalue weighted by atomic mass is 10.1. The summed E-state index contributed by atoms with van der Waals surface area (Å²) in [4.78, 5) is 18.7. The maximum atomic E-state index is 12.1. The van der Waals surface area contributed by atoms with Gasteiger partial charge in [-0.1, -0.05) is 28.1 Å². The first kappa shape index (κ1) is 14.7. The second-order valence-electron chi connectivity index (χ2n) is 4.58. The number of hydrogen-bond donors (Lipinski definition) is 2. The van der Waals surface area contributed by atoms with Gasteiger partial charge >= 0.3 is 0 Å². The molecule has 0 radical (unpaired) electrons. The molecule has 0 amide bonds. The summed E-state index contributed by atoms with van der Waals surface area (Å²) < 4.78 is 6.24. The van der Waals surface area contributed by atoms with Crippen LogP contribution in [0.4, 0.5) is 0 Å². The monoisotopic (exact) mass is 338 g/mol. The van der Waals surface area contributed by atoms with Crippen molar-refractivity contribution in [3.8, 4) is 17.0 Å². The van der Waals surface area contributed by atoms with Crippen LogP contribution in [0.3, 0.4) is 0 Å². The molecule has 6 heteroatoms. The summed E-state index contributed by atoms with van der Waals surface area (Å²) in [6, 6.07) is 7.06. The van der Waals surface area contributed by atoms with Crippen LogP contribution < -0.4 is 5.56 Å². The Hall–Kier alpha value is -1.66. The van der Waals surface area contributed by atoms with Crippen molar-refractivity contribution < 1.29 is 9.84 Å². The van der Waals surface area contributed by atoms with E-state index in [1.807, 2.05) is 13.8 Å². The van der Waals surface area contributed by atoms with Crippen molar-refractivity contribution in [3.63, 3.8) is 0 Å². The predicted octanol–water partition coefficient (Wildman–Crippen LogP) is 2.83. The van der Waals surface area contributed by atoms with Gasteiger partial charge in [0.1, 0.15) is 18.0 Å². The summed E-state index contributed by atoms with van der Waals surface area (Å²) in [5.41, 5.74) is 0.378. The highest BCUT2D eigenvalue weighted by Gasteiger charge is 2.13. The first-order valence-corrected chi connectivity index (χ1v) is 6.96. The van der Waals surface area contributed by atoms with E-state index < -0.39 is 0 Å². The van der Waals surface area contributed by atoms with Gasteiger partial charge in [-0.2, -0.15) is 4.98 Å². The number of hydrogen-bond acceptors (Lipinski definition) is 4. The second-order valence-corrected chi connectivity index (χ2v) is 5.49. The van der Waals surface area contributed by atoms with Crippen LogP contribution in [0, 0.1) is 0 Å². The Kier molecular flexibility index (Phi) is 4.57. The van der Waals surface area contributed by atoms with Gasteiger partial charge < -0.3 is 14.8 Å². The number of halogens is 1. The number of benzene rings is 1. The number of aromatic amines is 1. The van der Waals surface area contributed by atoms with E-state index in [-0.39, 0.29) is 29.7 Å². The molecule has 1 aromatic carbocycles. The molecule has 5 nitrogen and oxygen atoms in total. The van der Waals surface area contributed by atoms with Gasteiger partial charge in [-0.05, 0) is 31.5 Å². The van der Waals surface area contributed by atoms with Crippen molar-refractivity contribution in [2.24, 2.45) is 0 Å². The molecule has 0 saturated heterocycles. The SMILES string of the molecule is CC(C)OCc1nc(O)c(-c2ccc(Br)cc2)c(=O)[nH]1. The number of rotatable bonds is 4. The fraction of sp³-hybridized carbons (Fsp3) is 0.286. The Balaban J connectivity index is 2.36. The Morgan fingerprint density at radius 3 is 2.55 bits per heavy atom. The summed E-state index contributed by atoms with van der Waals surface area (Å²) in [6.45, 7) is 3.92. The first-order chi connectivity index (χ1) is 9.47. The van der Waals surface area contributed by atoms with Crippen LogP contribution in [0.15, 0.2) is 33.5 Å². The largest absolute Gasteiger partial charge is 0.493 e. The van der Waals surface area contributed by atoms with E-state index in [0.717, 1.165) is 4.47 Å². The van der Waals surface area contributed by atoms with Crippen LogP contribution >= 0.6 is 15.9 Å². The zero-order valence-corrected chi connectivity index (χ0v) is 12.8. The zero-order valence-electron chi connectivity index (χ0n) is 11.2. The smallest absolute Gasteiger partial charge is 0.262 e. The van der Waals surface area contributed by atoms with E-state index >= 15 is 0 Å². The molecule has 20 heavy (non-hydrogen) atoms. The minimum Gasteiger partial charge on any atom is -0.493 e. The van der Waals surface area contributed by atoms with E-state index in [4.69, 9.17) is 4.74 Å². The van der Waals surface area contributed by atoms with E-state index in [1.54, 1.807) is 24.3 Å². The molecule has 0 spiro atoms. The second kappa shape index (κ2) is 6.19. The van der Waals surface area contributed by atoms with Crippen LogP contribution in [0.1, 0.15) is 19.7 Å². The van der Waals surface area contributed by atoms with Crippen molar-refractivity contribution in [1.82, 2.24) is 9.97 Å². The van der Waals surface area contributed by atoms with Gasteiger partial charge in [-0.25, -0.2) is 0 Å². The summed E-state index contributed by atoms with van der Waals surface area (Å²) in [5, 5.41) is 9.96. The highest BCUT2D eigenvalue weighted by molar-refractivity contribution is 9.10. The highest BCUT2D eigenvalue weighted by Crippen LogP contribution is 2.24. The molecule has 0 unspecified atom stereocenters. The fourth-order valence-electron chi connectivity index (χ4n) is 1.70. The summed E-state index contributed by atoms with van der Waals surface area (Å²) in [5.74, 6) is 0.0143. The summed E-state index contributed by atoms with van der Waals surface area (Å²) >= 11 is 3.32. The number of aromatic hydroxyl groups is 1. The number of H-pyrrole nitrogens is 1. The van der Waals surface area contributed by atoms with Crippen molar-refractivity contribution in [3.05, 3.63) is 44.9 Å². The van der Waals surface area contributed by atoms with Crippen LogP contribution in [-0.2, 0) is 11.3 Å². The molecule has 2 N–H and O–H groups in total. The molecular weight excluding hydrogens is 324 g/mol. The average molecular weight is 339 g/mol. The molecule has 2 aromatic rings. The van der Waals surface area contributed by atoms with Crippen molar-refractivity contribution in [2.45, 2.75) is 26.6 Å². The topological polar surface area (TPSA) is 75.2 Å². The average Bonchev–Trinajstić information content (AvgIpc) is 2.38. The summed E-state index contributed by atoms with van der Waals surface area (Å²) in [7, 11) is 0. The van der Waals surface area contributed by atoms with Gasteiger partial charge in [0.2, 0.25) is 5.88 Å². The maximum absolute atomic E-state index is 12.1. The highest BCUT2D eigenvalue weighted by atomic mass is 79.9. The molecular formula is C14H15BrN2O3. The minimum atomic E-state index is -0.387. The fourth-order valence-corrected chi connectivity index (χ4v) is 1.96. The van der Waals surface area contributed by atoms with Crippen molar-refractivity contribution in [2.75, 3.05) is 0 Å².